The van der Waals surface area contributed by atoms with Crippen molar-refractivity contribution in [3.05, 3.63) is 34.8 Å². The number of nitriles is 1. The lowest BCUT2D eigenvalue weighted by molar-refractivity contribution is 0.363. The highest BCUT2D eigenvalue weighted by Crippen LogP contribution is 2.24. The zero-order chi connectivity index (χ0) is 12.5. The molecule has 6 nitrogen and oxygen atoms in total. The largest absolute Gasteiger partial charge is 0.336 e. The summed E-state index contributed by atoms with van der Waals surface area (Å²) in [4.78, 5) is 10.5. The Morgan fingerprint density at radius 1 is 1.28 bits per heavy atom. The number of nitrogens with zero attached hydrogens (tertiary/aromatic N) is 6. The fraction of sp³-hybridized carbons (Fsp3) is 0.273. The summed E-state index contributed by atoms with van der Waals surface area (Å²) in [5.41, 5.74) is 0.591. The third-order valence-electron chi connectivity index (χ3n) is 2.86. The van der Waals surface area contributed by atoms with E-state index in [-0.39, 0.29) is 0 Å². The molecule has 1 fully saturated rings. The summed E-state index contributed by atoms with van der Waals surface area (Å²) < 4.78 is 2.70. The zero-order valence-electron chi connectivity index (χ0n) is 9.36. The summed E-state index contributed by atoms with van der Waals surface area (Å²) in [6.07, 6.45) is 6.82. The van der Waals surface area contributed by atoms with Crippen LogP contribution >= 0.6 is 15.9 Å². The van der Waals surface area contributed by atoms with Gasteiger partial charge in [-0.3, -0.25) is 4.68 Å². The van der Waals surface area contributed by atoms with E-state index >= 15 is 0 Å². The van der Waals surface area contributed by atoms with Crippen LogP contribution in [0.5, 0.6) is 0 Å². The molecule has 0 aliphatic carbocycles. The maximum absolute atomic E-state index is 8.74. The van der Waals surface area contributed by atoms with Crippen molar-refractivity contribution >= 4 is 21.9 Å². The van der Waals surface area contributed by atoms with Crippen molar-refractivity contribution in [1.82, 2.24) is 19.7 Å². The average molecular weight is 305 g/mol. The van der Waals surface area contributed by atoms with E-state index in [0.29, 0.717) is 11.6 Å². The lowest BCUT2D eigenvalue weighted by atomic mass is 10.1. The van der Waals surface area contributed by atoms with E-state index in [0.717, 1.165) is 23.5 Å². The molecule has 0 atom stereocenters. The predicted molar refractivity (Wildman–Crippen MR) is 67.9 cm³/mol. The Kier molecular flexibility index (Phi) is 2.72. The van der Waals surface area contributed by atoms with Crippen molar-refractivity contribution in [2.45, 2.75) is 6.04 Å². The van der Waals surface area contributed by atoms with Gasteiger partial charge in [-0.15, -0.1) is 0 Å². The van der Waals surface area contributed by atoms with Crippen molar-refractivity contribution < 1.29 is 0 Å². The molecule has 1 saturated heterocycles. The Hall–Kier alpha value is -1.94. The van der Waals surface area contributed by atoms with E-state index < -0.39 is 0 Å². The minimum Gasteiger partial charge on any atom is -0.336 e. The lowest BCUT2D eigenvalue weighted by Gasteiger charge is -2.39. The quantitative estimate of drug-likeness (QED) is 0.838. The Morgan fingerprint density at radius 2 is 2.00 bits per heavy atom. The molecule has 3 heterocycles. The maximum atomic E-state index is 8.74. The smallest absolute Gasteiger partial charge is 0.225 e. The van der Waals surface area contributed by atoms with Gasteiger partial charge in [0.1, 0.15) is 6.07 Å². The first kappa shape index (κ1) is 11.2. The molecule has 1 aliphatic rings. The predicted octanol–water partition coefficient (Wildman–Crippen LogP) is 1.37. The first-order valence-electron chi connectivity index (χ1n) is 5.43. The number of anilines is 1. The van der Waals surface area contributed by atoms with E-state index in [2.05, 4.69) is 42.0 Å². The summed E-state index contributed by atoms with van der Waals surface area (Å²) in [6, 6.07) is 2.36. The van der Waals surface area contributed by atoms with Gasteiger partial charge >= 0.3 is 0 Å². The van der Waals surface area contributed by atoms with Crippen LogP contribution in [-0.2, 0) is 0 Å². The van der Waals surface area contributed by atoms with Crippen LogP contribution in [0.25, 0.3) is 0 Å². The molecule has 0 N–H and O–H groups in total. The van der Waals surface area contributed by atoms with E-state index in [1.165, 1.54) is 0 Å². The molecule has 0 radical (unpaired) electrons. The molecular formula is C11H9BrN6. The number of aromatic nitrogens is 4. The SMILES string of the molecule is N#Cc1cnn(C2CN(c3ncc(Br)cn3)C2)c1. The van der Waals surface area contributed by atoms with Crippen LogP contribution in [0, 0.1) is 11.3 Å². The molecular weight excluding hydrogens is 296 g/mol. The van der Waals surface area contributed by atoms with E-state index in [1.807, 2.05) is 4.68 Å². The first-order valence-corrected chi connectivity index (χ1v) is 6.22. The molecule has 7 heteroatoms. The summed E-state index contributed by atoms with van der Waals surface area (Å²) in [5.74, 6) is 0.724. The second-order valence-corrected chi connectivity index (χ2v) is 5.00. The summed E-state index contributed by atoms with van der Waals surface area (Å²) in [6.45, 7) is 1.63. The van der Waals surface area contributed by atoms with Gasteiger partial charge in [0.25, 0.3) is 0 Å². The monoisotopic (exact) mass is 304 g/mol. The van der Waals surface area contributed by atoms with Crippen molar-refractivity contribution in [1.29, 1.82) is 5.26 Å². The minimum atomic E-state index is 0.291. The molecule has 2 aromatic heterocycles. The summed E-state index contributed by atoms with van der Waals surface area (Å²) in [5, 5.41) is 12.9. The third kappa shape index (κ3) is 1.95. The van der Waals surface area contributed by atoms with Gasteiger partial charge < -0.3 is 4.90 Å². The molecule has 0 unspecified atom stereocenters. The van der Waals surface area contributed by atoms with Gasteiger partial charge in [0, 0.05) is 31.7 Å². The highest BCUT2D eigenvalue weighted by atomic mass is 79.9. The number of halogens is 1. The first-order chi connectivity index (χ1) is 8.76. The van der Waals surface area contributed by atoms with Crippen LogP contribution in [-0.4, -0.2) is 32.8 Å². The molecule has 0 spiro atoms. The number of hydrogen-bond donors (Lipinski definition) is 0. The fourth-order valence-electron chi connectivity index (χ4n) is 1.85. The van der Waals surface area contributed by atoms with Crippen LogP contribution in [0.15, 0.2) is 29.3 Å². The molecule has 0 saturated carbocycles. The summed E-state index contributed by atoms with van der Waals surface area (Å²) >= 11 is 3.31. The normalized spacial score (nSPS) is 15.2. The molecule has 0 aromatic carbocycles. The zero-order valence-corrected chi connectivity index (χ0v) is 10.9. The number of rotatable bonds is 2. The topological polar surface area (TPSA) is 70.6 Å². The minimum absolute atomic E-state index is 0.291. The Bertz CT molecular complexity index is 593. The van der Waals surface area contributed by atoms with E-state index in [4.69, 9.17) is 5.26 Å². The molecule has 18 heavy (non-hydrogen) atoms. The van der Waals surface area contributed by atoms with Gasteiger partial charge in [0.2, 0.25) is 5.95 Å². The van der Waals surface area contributed by atoms with Gasteiger partial charge in [-0.1, -0.05) is 0 Å². The standard InChI is InChI=1S/C11H9BrN6/c12-9-3-14-11(15-4-9)17-6-10(7-17)18-5-8(1-13)2-16-18/h2-5,10H,6-7H2. The molecule has 3 rings (SSSR count). The van der Waals surface area contributed by atoms with Crippen LogP contribution in [0.3, 0.4) is 0 Å². The Balaban J connectivity index is 1.66. The van der Waals surface area contributed by atoms with Gasteiger partial charge in [0.15, 0.2) is 0 Å². The average Bonchev–Trinajstić information content (AvgIpc) is 2.78. The third-order valence-corrected chi connectivity index (χ3v) is 3.27. The summed E-state index contributed by atoms with van der Waals surface area (Å²) in [7, 11) is 0. The van der Waals surface area contributed by atoms with Crippen LogP contribution in [0.2, 0.25) is 0 Å². The van der Waals surface area contributed by atoms with E-state index in [9.17, 15) is 0 Å². The van der Waals surface area contributed by atoms with Gasteiger partial charge in [-0.2, -0.15) is 10.4 Å². The molecule has 0 amide bonds. The van der Waals surface area contributed by atoms with Crippen molar-refractivity contribution in [2.75, 3.05) is 18.0 Å². The van der Waals surface area contributed by atoms with Crippen molar-refractivity contribution in [2.24, 2.45) is 0 Å². The van der Waals surface area contributed by atoms with E-state index in [1.54, 1.807) is 24.8 Å². The molecule has 0 bridgehead atoms. The second-order valence-electron chi connectivity index (χ2n) is 4.08. The van der Waals surface area contributed by atoms with Crippen LogP contribution in [0.1, 0.15) is 11.6 Å². The fourth-order valence-corrected chi connectivity index (χ4v) is 2.05. The van der Waals surface area contributed by atoms with Gasteiger partial charge in [0.05, 0.1) is 22.3 Å². The Labute approximate surface area is 112 Å². The highest BCUT2D eigenvalue weighted by molar-refractivity contribution is 9.10. The maximum Gasteiger partial charge on any atom is 0.225 e. The highest BCUT2D eigenvalue weighted by Gasteiger charge is 2.30. The Morgan fingerprint density at radius 3 is 2.61 bits per heavy atom. The second kappa shape index (κ2) is 4.38. The van der Waals surface area contributed by atoms with Gasteiger partial charge in [-0.25, -0.2) is 9.97 Å². The van der Waals surface area contributed by atoms with Crippen molar-refractivity contribution in [3.63, 3.8) is 0 Å². The van der Waals surface area contributed by atoms with Gasteiger partial charge in [-0.05, 0) is 15.9 Å². The van der Waals surface area contributed by atoms with Crippen molar-refractivity contribution in [3.8, 4) is 6.07 Å². The molecule has 90 valence electrons. The number of hydrogen-bond acceptors (Lipinski definition) is 5. The molecule has 2 aromatic rings. The lowest BCUT2D eigenvalue weighted by Crippen LogP contribution is -2.48. The molecule has 1 aliphatic heterocycles. The van der Waals surface area contributed by atoms with Crippen LogP contribution < -0.4 is 4.90 Å². The van der Waals surface area contributed by atoms with Crippen LogP contribution in [0.4, 0.5) is 5.95 Å².